The summed E-state index contributed by atoms with van der Waals surface area (Å²) in [5, 5.41) is 3.65. The molecule has 0 saturated carbocycles. The molecule has 0 radical (unpaired) electrons. The Kier molecular flexibility index (Phi) is 3.67. The fraction of sp³-hybridized carbons (Fsp3) is 0.625. The van der Waals surface area contributed by atoms with E-state index >= 15 is 0 Å². The second-order valence-corrected chi connectivity index (χ2v) is 6.61. The van der Waals surface area contributed by atoms with Crippen LogP contribution in [0.5, 0.6) is 0 Å². The van der Waals surface area contributed by atoms with Crippen molar-refractivity contribution in [1.29, 1.82) is 0 Å². The average molecular weight is 246 g/mol. The van der Waals surface area contributed by atoms with Gasteiger partial charge in [0.15, 0.2) is 0 Å². The van der Waals surface area contributed by atoms with Crippen molar-refractivity contribution < 1.29 is 0 Å². The maximum atomic E-state index is 3.65. The standard InChI is InChI=1S/C16H26N2/c1-12-6-7-14(13(2)10-12)18-9-8-17-15(11-18)16(3,4)5/h6-7,10,15,17H,8-9,11H2,1-5H3. The van der Waals surface area contributed by atoms with Crippen molar-refractivity contribution in [2.24, 2.45) is 5.41 Å². The Hall–Kier alpha value is -1.02. The summed E-state index contributed by atoms with van der Waals surface area (Å²) in [4.78, 5) is 2.53. The highest BCUT2D eigenvalue weighted by Crippen LogP contribution is 2.27. The van der Waals surface area contributed by atoms with E-state index in [1.54, 1.807) is 0 Å². The van der Waals surface area contributed by atoms with Crippen LogP contribution >= 0.6 is 0 Å². The molecule has 2 heteroatoms. The van der Waals surface area contributed by atoms with Gasteiger partial charge in [0.05, 0.1) is 0 Å². The van der Waals surface area contributed by atoms with E-state index in [1.165, 1.54) is 16.8 Å². The van der Waals surface area contributed by atoms with E-state index in [-0.39, 0.29) is 0 Å². The van der Waals surface area contributed by atoms with Gasteiger partial charge in [0, 0.05) is 31.4 Å². The van der Waals surface area contributed by atoms with Crippen molar-refractivity contribution in [2.75, 3.05) is 24.5 Å². The van der Waals surface area contributed by atoms with Gasteiger partial charge in [0.25, 0.3) is 0 Å². The van der Waals surface area contributed by atoms with E-state index < -0.39 is 0 Å². The lowest BCUT2D eigenvalue weighted by Gasteiger charge is -2.42. The summed E-state index contributed by atoms with van der Waals surface area (Å²) in [6.07, 6.45) is 0. The first-order valence-corrected chi connectivity index (χ1v) is 6.93. The van der Waals surface area contributed by atoms with E-state index in [4.69, 9.17) is 0 Å². The predicted octanol–water partition coefficient (Wildman–Crippen LogP) is 3.13. The van der Waals surface area contributed by atoms with Gasteiger partial charge < -0.3 is 10.2 Å². The molecule has 1 atom stereocenters. The van der Waals surface area contributed by atoms with Crippen molar-refractivity contribution in [3.05, 3.63) is 29.3 Å². The van der Waals surface area contributed by atoms with Gasteiger partial charge in [-0.15, -0.1) is 0 Å². The number of anilines is 1. The first-order valence-electron chi connectivity index (χ1n) is 6.93. The van der Waals surface area contributed by atoms with Crippen LogP contribution in [0, 0.1) is 19.3 Å². The zero-order valence-electron chi connectivity index (χ0n) is 12.4. The van der Waals surface area contributed by atoms with E-state index in [0.717, 1.165) is 19.6 Å². The molecule has 1 saturated heterocycles. The van der Waals surface area contributed by atoms with Crippen LogP contribution in [-0.2, 0) is 0 Å². The van der Waals surface area contributed by atoms with Crippen molar-refractivity contribution >= 4 is 5.69 Å². The maximum absolute atomic E-state index is 3.65. The Balaban J connectivity index is 2.18. The van der Waals surface area contributed by atoms with Gasteiger partial charge >= 0.3 is 0 Å². The second kappa shape index (κ2) is 4.93. The summed E-state index contributed by atoms with van der Waals surface area (Å²) in [5.74, 6) is 0. The van der Waals surface area contributed by atoms with Gasteiger partial charge in [-0.05, 0) is 30.9 Å². The number of nitrogens with one attached hydrogen (secondary N) is 1. The molecule has 1 fully saturated rings. The SMILES string of the molecule is Cc1ccc(N2CCNC(C(C)(C)C)C2)c(C)c1. The molecule has 0 aliphatic carbocycles. The summed E-state index contributed by atoms with van der Waals surface area (Å²) in [5.41, 5.74) is 4.46. The molecule has 1 aromatic rings. The monoisotopic (exact) mass is 246 g/mol. The van der Waals surface area contributed by atoms with Crippen molar-refractivity contribution in [2.45, 2.75) is 40.7 Å². The third-order valence-corrected chi connectivity index (χ3v) is 3.91. The summed E-state index contributed by atoms with van der Waals surface area (Å²) in [6, 6.07) is 7.34. The summed E-state index contributed by atoms with van der Waals surface area (Å²) < 4.78 is 0. The molecule has 0 spiro atoms. The zero-order chi connectivity index (χ0) is 13.3. The van der Waals surface area contributed by atoms with Crippen LogP contribution in [0.2, 0.25) is 0 Å². The van der Waals surface area contributed by atoms with Crippen LogP contribution in [0.25, 0.3) is 0 Å². The van der Waals surface area contributed by atoms with Gasteiger partial charge in [0.2, 0.25) is 0 Å². The minimum absolute atomic E-state index is 0.317. The molecule has 1 heterocycles. The second-order valence-electron chi connectivity index (χ2n) is 6.61. The average Bonchev–Trinajstić information content (AvgIpc) is 2.28. The lowest BCUT2D eigenvalue weighted by molar-refractivity contribution is 0.254. The van der Waals surface area contributed by atoms with Crippen LogP contribution < -0.4 is 10.2 Å². The van der Waals surface area contributed by atoms with Crippen LogP contribution in [-0.4, -0.2) is 25.7 Å². The van der Waals surface area contributed by atoms with Crippen LogP contribution in [0.1, 0.15) is 31.9 Å². The molecule has 1 aromatic carbocycles. The van der Waals surface area contributed by atoms with Crippen LogP contribution in [0.3, 0.4) is 0 Å². The van der Waals surface area contributed by atoms with Gasteiger partial charge in [-0.2, -0.15) is 0 Å². The molecule has 1 aliphatic heterocycles. The molecular formula is C16H26N2. The summed E-state index contributed by atoms with van der Waals surface area (Å²) in [7, 11) is 0. The van der Waals surface area contributed by atoms with Gasteiger partial charge in [-0.1, -0.05) is 38.5 Å². The van der Waals surface area contributed by atoms with E-state index in [9.17, 15) is 0 Å². The number of benzene rings is 1. The normalized spacial score (nSPS) is 21.2. The molecule has 100 valence electrons. The molecular weight excluding hydrogens is 220 g/mol. The van der Waals surface area contributed by atoms with Crippen molar-refractivity contribution in [3.8, 4) is 0 Å². The highest BCUT2D eigenvalue weighted by atomic mass is 15.2. The maximum Gasteiger partial charge on any atom is 0.0397 e. The van der Waals surface area contributed by atoms with Gasteiger partial charge in [0.1, 0.15) is 0 Å². The summed E-state index contributed by atoms with van der Waals surface area (Å²) >= 11 is 0. The molecule has 18 heavy (non-hydrogen) atoms. The molecule has 2 rings (SSSR count). The first-order chi connectivity index (χ1) is 8.38. The van der Waals surface area contributed by atoms with E-state index in [1.807, 2.05) is 0 Å². The highest BCUT2D eigenvalue weighted by molar-refractivity contribution is 5.55. The van der Waals surface area contributed by atoms with E-state index in [2.05, 4.69) is 63.0 Å². The zero-order valence-corrected chi connectivity index (χ0v) is 12.4. The Bertz CT molecular complexity index is 418. The number of hydrogen-bond acceptors (Lipinski definition) is 2. The Morgan fingerprint density at radius 2 is 1.94 bits per heavy atom. The number of nitrogens with zero attached hydrogens (tertiary/aromatic N) is 1. The third kappa shape index (κ3) is 2.86. The number of piperazine rings is 1. The minimum Gasteiger partial charge on any atom is -0.368 e. The largest absolute Gasteiger partial charge is 0.368 e. The quantitative estimate of drug-likeness (QED) is 0.819. The van der Waals surface area contributed by atoms with Crippen LogP contribution in [0.4, 0.5) is 5.69 Å². The predicted molar refractivity (Wildman–Crippen MR) is 79.4 cm³/mol. The molecule has 1 aliphatic rings. The molecule has 1 unspecified atom stereocenters. The Labute approximate surface area is 111 Å². The fourth-order valence-corrected chi connectivity index (χ4v) is 2.71. The van der Waals surface area contributed by atoms with Gasteiger partial charge in [-0.25, -0.2) is 0 Å². The smallest absolute Gasteiger partial charge is 0.0397 e. The summed E-state index contributed by atoms with van der Waals surface area (Å²) in [6.45, 7) is 14.6. The van der Waals surface area contributed by atoms with Crippen LogP contribution in [0.15, 0.2) is 18.2 Å². The minimum atomic E-state index is 0.317. The van der Waals surface area contributed by atoms with Crippen molar-refractivity contribution in [1.82, 2.24) is 5.32 Å². The Morgan fingerprint density at radius 1 is 1.22 bits per heavy atom. The number of hydrogen-bond donors (Lipinski definition) is 1. The van der Waals surface area contributed by atoms with Crippen molar-refractivity contribution in [3.63, 3.8) is 0 Å². The molecule has 2 nitrogen and oxygen atoms in total. The van der Waals surface area contributed by atoms with E-state index in [0.29, 0.717) is 11.5 Å². The number of rotatable bonds is 1. The molecule has 0 amide bonds. The first kappa shape index (κ1) is 13.4. The Morgan fingerprint density at radius 3 is 2.56 bits per heavy atom. The highest BCUT2D eigenvalue weighted by Gasteiger charge is 2.29. The lowest BCUT2D eigenvalue weighted by atomic mass is 9.85. The fourth-order valence-electron chi connectivity index (χ4n) is 2.71. The lowest BCUT2D eigenvalue weighted by Crippen LogP contribution is -2.56. The third-order valence-electron chi connectivity index (χ3n) is 3.91. The molecule has 0 aromatic heterocycles. The van der Waals surface area contributed by atoms with Gasteiger partial charge in [-0.3, -0.25) is 0 Å². The molecule has 0 bridgehead atoms. The number of aryl methyl sites for hydroxylation is 2. The topological polar surface area (TPSA) is 15.3 Å². The molecule has 1 N–H and O–H groups in total.